The first-order valence-corrected chi connectivity index (χ1v) is 18.5. The molecule has 6 heteroatoms. The number of unbranched alkanes of at least 4 members (excludes halogenated alkanes) is 12. The minimum absolute atomic E-state index is 0.0655. The Balaban J connectivity index is 4.90. The molecule has 43 heavy (non-hydrogen) atoms. The maximum atomic E-state index is 6.42. The van der Waals surface area contributed by atoms with Crippen LogP contribution in [-0.4, -0.2) is 117 Å². The predicted molar refractivity (Wildman–Crippen MR) is 186 cm³/mol. The van der Waals surface area contributed by atoms with Crippen LogP contribution in [0, 0.1) is 5.41 Å². The summed E-state index contributed by atoms with van der Waals surface area (Å²) in [7, 11) is 13.5. The lowest BCUT2D eigenvalue weighted by Crippen LogP contribution is -2.39. The normalized spacial score (nSPS) is 12.8. The third-order valence-corrected chi connectivity index (χ3v) is 8.24. The van der Waals surface area contributed by atoms with Gasteiger partial charge in [-0.25, -0.2) is 0 Å². The summed E-state index contributed by atoms with van der Waals surface area (Å²) in [6, 6.07) is 0. The highest BCUT2D eigenvalue weighted by Gasteiger charge is 2.31. The molecule has 260 valence electrons. The van der Waals surface area contributed by atoms with Gasteiger partial charge in [0.2, 0.25) is 0 Å². The summed E-state index contributed by atoms with van der Waals surface area (Å²) < 4.78 is 27.0. The SMILES string of the molecule is CCCCCCCCCCOCC(CCCCCCOCCCCC)(COCCC[N+](C)(C)C)COCCC[N+](C)(C)C. The molecular weight excluding hydrogens is 536 g/mol. The molecular formula is C37H80N2O4+2. The van der Waals surface area contributed by atoms with Crippen LogP contribution >= 0.6 is 0 Å². The summed E-state index contributed by atoms with van der Waals surface area (Å²) in [6.07, 6.45) is 22.5. The van der Waals surface area contributed by atoms with E-state index in [2.05, 4.69) is 56.1 Å². The van der Waals surface area contributed by atoms with Gasteiger partial charge in [-0.15, -0.1) is 0 Å². The Bertz CT molecular complexity index is 524. The predicted octanol–water partition coefficient (Wildman–Crippen LogP) is 8.51. The van der Waals surface area contributed by atoms with Crippen molar-refractivity contribution in [2.24, 2.45) is 5.41 Å². The van der Waals surface area contributed by atoms with Gasteiger partial charge in [0, 0.05) is 38.1 Å². The molecule has 0 aliphatic heterocycles. The van der Waals surface area contributed by atoms with Crippen molar-refractivity contribution < 1.29 is 27.9 Å². The molecule has 6 nitrogen and oxygen atoms in total. The van der Waals surface area contributed by atoms with Gasteiger partial charge in [-0.05, 0) is 25.7 Å². The molecule has 0 heterocycles. The van der Waals surface area contributed by atoms with Crippen LogP contribution in [0.1, 0.15) is 129 Å². The summed E-state index contributed by atoms with van der Waals surface area (Å²) in [5.41, 5.74) is -0.0655. The molecule has 0 radical (unpaired) electrons. The lowest BCUT2D eigenvalue weighted by Gasteiger charge is -2.34. The molecule has 0 unspecified atom stereocenters. The van der Waals surface area contributed by atoms with Crippen LogP contribution in [0.3, 0.4) is 0 Å². The van der Waals surface area contributed by atoms with Gasteiger partial charge in [-0.2, -0.15) is 0 Å². The van der Waals surface area contributed by atoms with Gasteiger partial charge in [-0.3, -0.25) is 0 Å². The minimum Gasteiger partial charge on any atom is -0.381 e. The number of rotatable bonds is 34. The first-order valence-electron chi connectivity index (χ1n) is 18.5. The second-order valence-electron chi connectivity index (χ2n) is 15.4. The van der Waals surface area contributed by atoms with Crippen LogP contribution in [0.25, 0.3) is 0 Å². The van der Waals surface area contributed by atoms with Crippen molar-refractivity contribution in [1.82, 2.24) is 0 Å². The first kappa shape index (κ1) is 42.8. The molecule has 0 atom stereocenters. The number of hydrogen-bond donors (Lipinski definition) is 0. The fraction of sp³-hybridized carbons (Fsp3) is 1.00. The summed E-state index contributed by atoms with van der Waals surface area (Å²) in [4.78, 5) is 0. The van der Waals surface area contributed by atoms with Crippen molar-refractivity contribution in [2.75, 3.05) is 108 Å². The summed E-state index contributed by atoms with van der Waals surface area (Å²) in [5, 5.41) is 0. The van der Waals surface area contributed by atoms with Crippen LogP contribution in [-0.2, 0) is 18.9 Å². The van der Waals surface area contributed by atoms with Crippen molar-refractivity contribution >= 4 is 0 Å². The fourth-order valence-corrected chi connectivity index (χ4v) is 5.44. The Hall–Kier alpha value is -0.240. The molecule has 0 amide bonds. The average Bonchev–Trinajstić information content (AvgIpc) is 2.93. The van der Waals surface area contributed by atoms with E-state index in [9.17, 15) is 0 Å². The zero-order chi connectivity index (χ0) is 32.1. The molecule has 0 rings (SSSR count). The summed E-state index contributed by atoms with van der Waals surface area (Å²) in [6.45, 7) is 13.3. The Morgan fingerprint density at radius 2 is 0.698 bits per heavy atom. The largest absolute Gasteiger partial charge is 0.381 e. The van der Waals surface area contributed by atoms with Crippen LogP contribution in [0.15, 0.2) is 0 Å². The van der Waals surface area contributed by atoms with Crippen molar-refractivity contribution in [3.8, 4) is 0 Å². The Morgan fingerprint density at radius 3 is 1.14 bits per heavy atom. The Morgan fingerprint density at radius 1 is 0.372 bits per heavy atom. The van der Waals surface area contributed by atoms with Crippen molar-refractivity contribution in [3.63, 3.8) is 0 Å². The van der Waals surface area contributed by atoms with Gasteiger partial charge in [0.05, 0.1) is 88.4 Å². The van der Waals surface area contributed by atoms with Crippen LogP contribution < -0.4 is 0 Å². The van der Waals surface area contributed by atoms with E-state index in [1.54, 1.807) is 0 Å². The smallest absolute Gasteiger partial charge is 0.0802 e. The van der Waals surface area contributed by atoms with E-state index in [1.165, 1.54) is 83.5 Å². The van der Waals surface area contributed by atoms with Crippen LogP contribution in [0.2, 0.25) is 0 Å². The molecule has 0 fully saturated rings. The molecule has 0 spiro atoms. The average molecular weight is 617 g/mol. The third kappa shape index (κ3) is 31.5. The highest BCUT2D eigenvalue weighted by molar-refractivity contribution is 4.80. The van der Waals surface area contributed by atoms with E-state index in [4.69, 9.17) is 18.9 Å². The number of nitrogens with zero attached hydrogens (tertiary/aromatic N) is 2. The van der Waals surface area contributed by atoms with Gasteiger partial charge in [0.1, 0.15) is 0 Å². The topological polar surface area (TPSA) is 36.9 Å². The van der Waals surface area contributed by atoms with E-state index in [0.29, 0.717) is 0 Å². The van der Waals surface area contributed by atoms with Crippen LogP contribution in [0.5, 0.6) is 0 Å². The summed E-state index contributed by atoms with van der Waals surface area (Å²) >= 11 is 0. The number of quaternary nitrogens is 2. The second-order valence-corrected chi connectivity index (χ2v) is 15.4. The van der Waals surface area contributed by atoms with Gasteiger partial charge >= 0.3 is 0 Å². The molecule has 0 aromatic rings. The lowest BCUT2D eigenvalue weighted by molar-refractivity contribution is -0.870. The molecule has 0 saturated heterocycles. The van der Waals surface area contributed by atoms with E-state index in [1.807, 2.05) is 0 Å². The van der Waals surface area contributed by atoms with Gasteiger partial charge in [0.25, 0.3) is 0 Å². The lowest BCUT2D eigenvalue weighted by atomic mass is 9.84. The van der Waals surface area contributed by atoms with E-state index in [0.717, 1.165) is 107 Å². The van der Waals surface area contributed by atoms with E-state index >= 15 is 0 Å². The van der Waals surface area contributed by atoms with Gasteiger partial charge in [0.15, 0.2) is 0 Å². The van der Waals surface area contributed by atoms with Gasteiger partial charge < -0.3 is 27.9 Å². The number of hydrogen-bond acceptors (Lipinski definition) is 4. The van der Waals surface area contributed by atoms with E-state index < -0.39 is 0 Å². The van der Waals surface area contributed by atoms with Crippen molar-refractivity contribution in [1.29, 1.82) is 0 Å². The quantitative estimate of drug-likeness (QED) is 0.0537. The highest BCUT2D eigenvalue weighted by atomic mass is 16.5. The van der Waals surface area contributed by atoms with Crippen LogP contribution in [0.4, 0.5) is 0 Å². The molecule has 0 saturated carbocycles. The zero-order valence-corrected chi connectivity index (χ0v) is 30.8. The Kier molecular flexibility index (Phi) is 27.9. The Labute approximate surface area is 270 Å². The second kappa shape index (κ2) is 28.0. The molecule has 0 aliphatic carbocycles. The maximum absolute atomic E-state index is 6.42. The standard InChI is InChI=1S/C37H80N2O4/c1-9-11-13-14-15-16-18-23-31-41-34-37(35-42-32-24-27-38(3,4)5,36-43-33-25-28-39(6,7)8)26-20-17-19-22-30-40-29-21-12-10-2/h9-36H2,1-8H3/q+2. The highest BCUT2D eigenvalue weighted by Crippen LogP contribution is 2.28. The molecule has 0 N–H and O–H groups in total. The molecule has 0 aromatic heterocycles. The van der Waals surface area contributed by atoms with Crippen molar-refractivity contribution in [3.05, 3.63) is 0 Å². The molecule has 0 aromatic carbocycles. The fourth-order valence-electron chi connectivity index (χ4n) is 5.44. The van der Waals surface area contributed by atoms with Gasteiger partial charge in [-0.1, -0.05) is 90.9 Å². The molecule has 0 aliphatic rings. The van der Waals surface area contributed by atoms with Crippen molar-refractivity contribution in [2.45, 2.75) is 129 Å². The zero-order valence-electron chi connectivity index (χ0n) is 30.8. The minimum atomic E-state index is -0.0655. The first-order chi connectivity index (χ1) is 20.5. The number of ether oxygens (including phenoxy) is 4. The molecule has 0 bridgehead atoms. The summed E-state index contributed by atoms with van der Waals surface area (Å²) in [5.74, 6) is 0. The third-order valence-electron chi connectivity index (χ3n) is 8.24. The monoisotopic (exact) mass is 617 g/mol. The maximum Gasteiger partial charge on any atom is 0.0802 e. The van der Waals surface area contributed by atoms with E-state index in [-0.39, 0.29) is 5.41 Å².